The summed E-state index contributed by atoms with van der Waals surface area (Å²) < 4.78 is 0. The number of aryl methyl sites for hydroxylation is 1. The van der Waals surface area contributed by atoms with E-state index in [1.807, 2.05) is 42.5 Å². The Morgan fingerprint density at radius 1 is 0.952 bits per heavy atom. The molecule has 2 amide bonds. The highest BCUT2D eigenvalue weighted by Gasteiger charge is 2.01. The van der Waals surface area contributed by atoms with Gasteiger partial charge in [0.15, 0.2) is 0 Å². The summed E-state index contributed by atoms with van der Waals surface area (Å²) in [6, 6.07) is 17.7. The lowest BCUT2D eigenvalue weighted by Crippen LogP contribution is -2.28. The van der Waals surface area contributed by atoms with E-state index in [9.17, 15) is 4.79 Å². The molecule has 0 aliphatic heterocycles. The van der Waals surface area contributed by atoms with Crippen LogP contribution in [0, 0.1) is 0 Å². The van der Waals surface area contributed by atoms with Gasteiger partial charge in [0.1, 0.15) is 0 Å². The molecule has 0 fully saturated rings. The van der Waals surface area contributed by atoms with Crippen LogP contribution in [0.25, 0.3) is 0 Å². The normalized spacial score (nSPS) is 10.1. The highest BCUT2D eigenvalue weighted by molar-refractivity contribution is 5.89. The zero-order valence-corrected chi connectivity index (χ0v) is 12.4. The van der Waals surface area contributed by atoms with Crippen molar-refractivity contribution in [2.24, 2.45) is 0 Å². The maximum atomic E-state index is 11.8. The topological polar surface area (TPSA) is 41.1 Å². The molecule has 0 bridgehead atoms. The fourth-order valence-corrected chi connectivity index (χ4v) is 2.09. The second-order valence-electron chi connectivity index (χ2n) is 5.09. The highest BCUT2D eigenvalue weighted by Crippen LogP contribution is 2.11. The van der Waals surface area contributed by atoms with Gasteiger partial charge in [0, 0.05) is 12.2 Å². The van der Waals surface area contributed by atoms with Crippen molar-refractivity contribution < 1.29 is 4.79 Å². The Labute approximate surface area is 126 Å². The average molecular weight is 282 g/mol. The third kappa shape index (κ3) is 5.30. The van der Waals surface area contributed by atoms with Crippen LogP contribution in [0.3, 0.4) is 0 Å². The fraction of sp³-hybridized carbons (Fsp3) is 0.278. The summed E-state index contributed by atoms with van der Waals surface area (Å²) in [4.78, 5) is 11.8. The van der Waals surface area contributed by atoms with E-state index < -0.39 is 0 Å². The molecule has 2 aromatic rings. The molecular weight excluding hydrogens is 260 g/mol. The van der Waals surface area contributed by atoms with E-state index >= 15 is 0 Å². The van der Waals surface area contributed by atoms with Crippen molar-refractivity contribution in [3.05, 3.63) is 65.7 Å². The van der Waals surface area contributed by atoms with Crippen LogP contribution in [0.2, 0.25) is 0 Å². The number of hydrogen-bond acceptors (Lipinski definition) is 1. The van der Waals surface area contributed by atoms with Crippen LogP contribution in [-0.4, -0.2) is 6.03 Å². The quantitative estimate of drug-likeness (QED) is 0.812. The molecule has 21 heavy (non-hydrogen) atoms. The van der Waals surface area contributed by atoms with Crippen LogP contribution < -0.4 is 10.6 Å². The monoisotopic (exact) mass is 282 g/mol. The van der Waals surface area contributed by atoms with Crippen LogP contribution in [0.1, 0.15) is 30.9 Å². The van der Waals surface area contributed by atoms with Gasteiger partial charge in [-0.15, -0.1) is 0 Å². The van der Waals surface area contributed by atoms with Crippen molar-refractivity contribution in [2.75, 3.05) is 5.32 Å². The van der Waals surface area contributed by atoms with Gasteiger partial charge < -0.3 is 10.6 Å². The first-order chi connectivity index (χ1) is 10.3. The standard InChI is InChI=1S/C18H22N2O/c1-2-3-7-15-10-12-17(13-11-15)20-18(21)19-14-16-8-5-4-6-9-16/h4-6,8-13H,2-3,7,14H2,1H3,(H2,19,20,21). The van der Waals surface area contributed by atoms with E-state index in [1.165, 1.54) is 18.4 Å². The average Bonchev–Trinajstić information content (AvgIpc) is 2.53. The summed E-state index contributed by atoms with van der Waals surface area (Å²) in [6.07, 6.45) is 3.49. The van der Waals surface area contributed by atoms with Gasteiger partial charge in [0.05, 0.1) is 0 Å². The predicted molar refractivity (Wildman–Crippen MR) is 87.4 cm³/mol. The van der Waals surface area contributed by atoms with E-state index in [0.29, 0.717) is 6.54 Å². The van der Waals surface area contributed by atoms with Gasteiger partial charge in [-0.2, -0.15) is 0 Å². The molecule has 3 heteroatoms. The molecule has 0 aliphatic rings. The molecule has 0 aliphatic carbocycles. The van der Waals surface area contributed by atoms with Gasteiger partial charge in [0.25, 0.3) is 0 Å². The SMILES string of the molecule is CCCCc1ccc(NC(=O)NCc2ccccc2)cc1. The zero-order chi connectivity index (χ0) is 14.9. The van der Waals surface area contributed by atoms with Crippen LogP contribution in [0.15, 0.2) is 54.6 Å². The first-order valence-corrected chi connectivity index (χ1v) is 7.45. The smallest absolute Gasteiger partial charge is 0.319 e. The minimum atomic E-state index is -0.180. The van der Waals surface area contributed by atoms with Crippen molar-refractivity contribution >= 4 is 11.7 Å². The molecule has 0 heterocycles. The van der Waals surface area contributed by atoms with Crippen molar-refractivity contribution in [3.8, 4) is 0 Å². The Bertz CT molecular complexity index is 549. The Balaban J connectivity index is 1.79. The lowest BCUT2D eigenvalue weighted by molar-refractivity contribution is 0.251. The lowest BCUT2D eigenvalue weighted by atomic mass is 10.1. The third-order valence-electron chi connectivity index (χ3n) is 3.33. The summed E-state index contributed by atoms with van der Waals surface area (Å²) in [5.41, 5.74) is 3.22. The Kier molecular flexibility index (Phi) is 5.83. The van der Waals surface area contributed by atoms with Gasteiger partial charge >= 0.3 is 6.03 Å². The van der Waals surface area contributed by atoms with E-state index in [4.69, 9.17) is 0 Å². The van der Waals surface area contributed by atoms with Crippen molar-refractivity contribution in [2.45, 2.75) is 32.7 Å². The van der Waals surface area contributed by atoms with Crippen molar-refractivity contribution in [1.29, 1.82) is 0 Å². The number of hydrogen-bond donors (Lipinski definition) is 2. The van der Waals surface area contributed by atoms with Crippen molar-refractivity contribution in [3.63, 3.8) is 0 Å². The molecule has 0 spiro atoms. The second kappa shape index (κ2) is 8.10. The Morgan fingerprint density at radius 2 is 1.67 bits per heavy atom. The van der Waals surface area contributed by atoms with Gasteiger partial charge in [-0.1, -0.05) is 55.8 Å². The lowest BCUT2D eigenvalue weighted by Gasteiger charge is -2.08. The maximum Gasteiger partial charge on any atom is 0.319 e. The molecule has 0 saturated heterocycles. The van der Waals surface area contributed by atoms with Crippen LogP contribution in [-0.2, 0) is 13.0 Å². The Hall–Kier alpha value is -2.29. The highest BCUT2D eigenvalue weighted by atomic mass is 16.2. The van der Waals surface area contributed by atoms with E-state index in [0.717, 1.165) is 17.7 Å². The second-order valence-corrected chi connectivity index (χ2v) is 5.09. The van der Waals surface area contributed by atoms with E-state index in [-0.39, 0.29) is 6.03 Å². The number of benzene rings is 2. The molecule has 110 valence electrons. The van der Waals surface area contributed by atoms with Crippen LogP contribution in [0.5, 0.6) is 0 Å². The molecule has 2 rings (SSSR count). The third-order valence-corrected chi connectivity index (χ3v) is 3.33. The molecule has 0 radical (unpaired) electrons. The number of carbonyl (C=O) groups excluding carboxylic acids is 1. The van der Waals surface area contributed by atoms with Crippen LogP contribution >= 0.6 is 0 Å². The van der Waals surface area contributed by atoms with Gasteiger partial charge in [-0.25, -0.2) is 4.79 Å². The van der Waals surface area contributed by atoms with E-state index in [2.05, 4.69) is 29.7 Å². The fourth-order valence-electron chi connectivity index (χ4n) is 2.09. The van der Waals surface area contributed by atoms with Gasteiger partial charge in [-0.05, 0) is 36.1 Å². The zero-order valence-electron chi connectivity index (χ0n) is 12.4. The first kappa shape index (κ1) is 15.1. The molecule has 0 unspecified atom stereocenters. The van der Waals surface area contributed by atoms with Gasteiger partial charge in [-0.3, -0.25) is 0 Å². The number of unbranched alkanes of at least 4 members (excludes halogenated alkanes) is 1. The summed E-state index contributed by atoms with van der Waals surface area (Å²) in [6.45, 7) is 2.72. The minimum Gasteiger partial charge on any atom is -0.334 e. The molecule has 2 aromatic carbocycles. The van der Waals surface area contributed by atoms with E-state index in [1.54, 1.807) is 0 Å². The predicted octanol–water partition coefficient (Wildman–Crippen LogP) is 4.35. The molecule has 0 atom stereocenters. The summed E-state index contributed by atoms with van der Waals surface area (Å²) in [5, 5.41) is 5.69. The number of carbonyl (C=O) groups is 1. The molecule has 2 N–H and O–H groups in total. The number of rotatable bonds is 6. The summed E-state index contributed by atoms with van der Waals surface area (Å²) in [5.74, 6) is 0. The molecule has 0 saturated carbocycles. The first-order valence-electron chi connectivity index (χ1n) is 7.45. The maximum absolute atomic E-state index is 11.8. The number of anilines is 1. The summed E-state index contributed by atoms with van der Waals surface area (Å²) in [7, 11) is 0. The van der Waals surface area contributed by atoms with Crippen LogP contribution in [0.4, 0.5) is 10.5 Å². The largest absolute Gasteiger partial charge is 0.334 e. The minimum absolute atomic E-state index is 0.180. The Morgan fingerprint density at radius 3 is 2.33 bits per heavy atom. The van der Waals surface area contributed by atoms with Gasteiger partial charge in [0.2, 0.25) is 0 Å². The number of amides is 2. The number of nitrogens with one attached hydrogen (secondary N) is 2. The number of urea groups is 1. The molecular formula is C18H22N2O. The molecule has 0 aromatic heterocycles. The summed E-state index contributed by atoms with van der Waals surface area (Å²) >= 11 is 0. The molecule has 3 nitrogen and oxygen atoms in total. The van der Waals surface area contributed by atoms with Crippen molar-refractivity contribution in [1.82, 2.24) is 5.32 Å².